The second kappa shape index (κ2) is 8.48. The zero-order valence-electron chi connectivity index (χ0n) is 14.8. The number of piperidine rings is 1. The number of aromatic carboxylic acids is 1. The van der Waals surface area contributed by atoms with Gasteiger partial charge in [-0.05, 0) is 88.3 Å². The normalized spacial score (nSPS) is 19.3. The van der Waals surface area contributed by atoms with Gasteiger partial charge in [0.15, 0.2) is 0 Å². The molecule has 0 atom stereocenters. The number of likely N-dealkylation sites (tertiary alicyclic amines) is 2. The summed E-state index contributed by atoms with van der Waals surface area (Å²) in [5, 5.41) is 8.93. The number of carboxylic acid groups (broad SMARTS) is 1. The van der Waals surface area contributed by atoms with E-state index in [9.17, 15) is 9.59 Å². The Morgan fingerprint density at radius 2 is 1.56 bits per heavy atom. The Labute approximate surface area is 149 Å². The van der Waals surface area contributed by atoms with Crippen molar-refractivity contribution >= 4 is 11.9 Å². The molecule has 0 bridgehead atoms. The molecule has 0 saturated carbocycles. The van der Waals surface area contributed by atoms with Gasteiger partial charge >= 0.3 is 5.97 Å². The third-order valence-electron chi connectivity index (χ3n) is 5.57. The lowest BCUT2D eigenvalue weighted by atomic mass is 9.91. The zero-order chi connectivity index (χ0) is 17.6. The number of carboxylic acids is 1. The number of rotatable bonds is 6. The molecule has 3 rings (SSSR count). The fourth-order valence-corrected chi connectivity index (χ4v) is 3.97. The minimum Gasteiger partial charge on any atom is -0.478 e. The highest BCUT2D eigenvalue weighted by Gasteiger charge is 2.24. The van der Waals surface area contributed by atoms with E-state index in [2.05, 4.69) is 4.90 Å². The third kappa shape index (κ3) is 4.82. The molecule has 2 saturated heterocycles. The Morgan fingerprint density at radius 3 is 2.16 bits per heavy atom. The smallest absolute Gasteiger partial charge is 0.335 e. The Hall–Kier alpha value is -1.88. The minimum absolute atomic E-state index is 0.0208. The average molecular weight is 344 g/mol. The monoisotopic (exact) mass is 344 g/mol. The Balaban J connectivity index is 1.41. The van der Waals surface area contributed by atoms with Gasteiger partial charge in [0.05, 0.1) is 5.56 Å². The molecule has 5 heteroatoms. The molecule has 2 heterocycles. The van der Waals surface area contributed by atoms with Crippen molar-refractivity contribution in [1.82, 2.24) is 9.80 Å². The van der Waals surface area contributed by atoms with Gasteiger partial charge in [-0.1, -0.05) is 0 Å². The topological polar surface area (TPSA) is 60.9 Å². The molecule has 0 aromatic heterocycles. The van der Waals surface area contributed by atoms with Crippen LogP contribution in [0.1, 0.15) is 59.2 Å². The van der Waals surface area contributed by atoms with Crippen molar-refractivity contribution in [3.63, 3.8) is 0 Å². The molecule has 0 aliphatic carbocycles. The molecule has 136 valence electrons. The Kier molecular flexibility index (Phi) is 6.08. The first kappa shape index (κ1) is 17.9. The SMILES string of the molecule is O=C(O)c1ccc(C(=O)N2CCC(CCCN3CCCC3)CC2)cc1. The van der Waals surface area contributed by atoms with E-state index in [0.29, 0.717) is 5.56 Å². The van der Waals surface area contributed by atoms with Crippen molar-refractivity contribution in [2.24, 2.45) is 5.92 Å². The standard InChI is InChI=1S/C20H28N2O3/c23-19(17-5-7-18(8-6-17)20(24)25)22-14-9-16(10-15-22)4-3-13-21-11-1-2-12-21/h5-8,16H,1-4,9-15H2,(H,24,25). The van der Waals surface area contributed by atoms with E-state index in [4.69, 9.17) is 5.11 Å². The first-order valence-corrected chi connectivity index (χ1v) is 9.48. The van der Waals surface area contributed by atoms with Crippen molar-refractivity contribution in [2.45, 2.75) is 38.5 Å². The van der Waals surface area contributed by atoms with Crippen LogP contribution in [0.5, 0.6) is 0 Å². The average Bonchev–Trinajstić information content (AvgIpc) is 3.15. The van der Waals surface area contributed by atoms with Crippen molar-refractivity contribution in [2.75, 3.05) is 32.7 Å². The van der Waals surface area contributed by atoms with E-state index < -0.39 is 5.97 Å². The second-order valence-electron chi connectivity index (χ2n) is 7.31. The molecule has 0 spiro atoms. The molecule has 1 N–H and O–H groups in total. The van der Waals surface area contributed by atoms with E-state index in [1.165, 1.54) is 57.5 Å². The first-order chi connectivity index (χ1) is 12.1. The number of hydrogen-bond donors (Lipinski definition) is 1. The van der Waals surface area contributed by atoms with E-state index in [0.717, 1.165) is 31.8 Å². The number of amides is 1. The predicted octanol–water partition coefficient (Wildman–Crippen LogP) is 3.11. The van der Waals surface area contributed by atoms with Gasteiger partial charge in [0.2, 0.25) is 0 Å². The van der Waals surface area contributed by atoms with Crippen LogP contribution >= 0.6 is 0 Å². The number of carbonyl (C=O) groups is 2. The van der Waals surface area contributed by atoms with Gasteiger partial charge in [0, 0.05) is 18.7 Å². The lowest BCUT2D eigenvalue weighted by Gasteiger charge is -2.32. The van der Waals surface area contributed by atoms with E-state index >= 15 is 0 Å². The van der Waals surface area contributed by atoms with Crippen molar-refractivity contribution in [1.29, 1.82) is 0 Å². The maximum Gasteiger partial charge on any atom is 0.335 e. The molecular weight excluding hydrogens is 316 g/mol. The summed E-state index contributed by atoms with van der Waals surface area (Å²) >= 11 is 0. The van der Waals surface area contributed by atoms with Crippen molar-refractivity contribution in [3.05, 3.63) is 35.4 Å². The summed E-state index contributed by atoms with van der Waals surface area (Å²) < 4.78 is 0. The molecule has 0 radical (unpaired) electrons. The fourth-order valence-electron chi connectivity index (χ4n) is 3.97. The van der Waals surface area contributed by atoms with Gasteiger partial charge in [-0.3, -0.25) is 4.79 Å². The number of carbonyl (C=O) groups excluding carboxylic acids is 1. The third-order valence-corrected chi connectivity index (χ3v) is 5.57. The molecule has 0 unspecified atom stereocenters. The molecule has 1 amide bonds. The van der Waals surface area contributed by atoms with Gasteiger partial charge < -0.3 is 14.9 Å². The highest BCUT2D eigenvalue weighted by Crippen LogP contribution is 2.23. The van der Waals surface area contributed by atoms with Crippen LogP contribution in [0.2, 0.25) is 0 Å². The zero-order valence-corrected chi connectivity index (χ0v) is 14.8. The molecular formula is C20H28N2O3. The molecule has 2 fully saturated rings. The van der Waals surface area contributed by atoms with Crippen LogP contribution in [0.15, 0.2) is 24.3 Å². The van der Waals surface area contributed by atoms with Crippen LogP contribution in [0.4, 0.5) is 0 Å². The van der Waals surface area contributed by atoms with Crippen LogP contribution in [0.25, 0.3) is 0 Å². The van der Waals surface area contributed by atoms with E-state index in [-0.39, 0.29) is 11.5 Å². The second-order valence-corrected chi connectivity index (χ2v) is 7.31. The molecule has 1 aromatic carbocycles. The highest BCUT2D eigenvalue weighted by molar-refractivity contribution is 5.95. The molecule has 1 aromatic rings. The maximum atomic E-state index is 12.5. The summed E-state index contributed by atoms with van der Waals surface area (Å²) in [5.41, 5.74) is 0.797. The largest absolute Gasteiger partial charge is 0.478 e. The van der Waals surface area contributed by atoms with Crippen LogP contribution in [0, 0.1) is 5.92 Å². The quantitative estimate of drug-likeness (QED) is 0.861. The Bertz CT molecular complexity index is 585. The van der Waals surface area contributed by atoms with Gasteiger partial charge in [-0.15, -0.1) is 0 Å². The van der Waals surface area contributed by atoms with Crippen molar-refractivity contribution in [3.8, 4) is 0 Å². The van der Waals surface area contributed by atoms with Gasteiger partial charge in [0.25, 0.3) is 5.91 Å². The number of nitrogens with zero attached hydrogens (tertiary/aromatic N) is 2. The number of benzene rings is 1. The Morgan fingerprint density at radius 1 is 0.960 bits per heavy atom. The minimum atomic E-state index is -0.964. The molecule has 5 nitrogen and oxygen atoms in total. The predicted molar refractivity (Wildman–Crippen MR) is 96.9 cm³/mol. The van der Waals surface area contributed by atoms with Crippen LogP contribution in [0.3, 0.4) is 0 Å². The summed E-state index contributed by atoms with van der Waals surface area (Å²) in [6.07, 6.45) is 7.42. The summed E-state index contributed by atoms with van der Waals surface area (Å²) in [7, 11) is 0. The molecule has 2 aliphatic rings. The van der Waals surface area contributed by atoms with Gasteiger partial charge in [0.1, 0.15) is 0 Å². The van der Waals surface area contributed by atoms with E-state index in [1.54, 1.807) is 12.1 Å². The van der Waals surface area contributed by atoms with E-state index in [1.807, 2.05) is 4.90 Å². The lowest BCUT2D eigenvalue weighted by molar-refractivity contribution is 0.0676. The van der Waals surface area contributed by atoms with Crippen LogP contribution < -0.4 is 0 Å². The maximum absolute atomic E-state index is 12.5. The summed E-state index contributed by atoms with van der Waals surface area (Å²) in [5.74, 6) is -0.206. The fraction of sp³-hybridized carbons (Fsp3) is 0.600. The van der Waals surface area contributed by atoms with Crippen LogP contribution in [-0.2, 0) is 0 Å². The van der Waals surface area contributed by atoms with Crippen molar-refractivity contribution < 1.29 is 14.7 Å². The highest BCUT2D eigenvalue weighted by atomic mass is 16.4. The first-order valence-electron chi connectivity index (χ1n) is 9.48. The lowest BCUT2D eigenvalue weighted by Crippen LogP contribution is -2.38. The summed E-state index contributed by atoms with van der Waals surface area (Å²) in [4.78, 5) is 27.9. The van der Waals surface area contributed by atoms with Crippen LogP contribution in [-0.4, -0.2) is 59.5 Å². The molecule has 25 heavy (non-hydrogen) atoms. The summed E-state index contributed by atoms with van der Waals surface area (Å²) in [6.45, 7) is 5.40. The summed E-state index contributed by atoms with van der Waals surface area (Å²) in [6, 6.07) is 6.24. The van der Waals surface area contributed by atoms with Gasteiger partial charge in [-0.2, -0.15) is 0 Å². The number of hydrogen-bond acceptors (Lipinski definition) is 3. The molecule has 2 aliphatic heterocycles. The van der Waals surface area contributed by atoms with Gasteiger partial charge in [-0.25, -0.2) is 4.79 Å².